The second-order valence-corrected chi connectivity index (χ2v) is 8.67. The van der Waals surface area contributed by atoms with Crippen molar-refractivity contribution in [2.45, 2.75) is 77.5 Å². The molecular formula is C23H38N4O4. The Morgan fingerprint density at radius 2 is 1.97 bits per heavy atom. The normalized spacial score (nSPS) is 19.4. The van der Waals surface area contributed by atoms with Gasteiger partial charge in [-0.3, -0.25) is 14.5 Å². The maximum Gasteiger partial charge on any atom is 0.326 e. The number of carbonyl (C=O) groups excluding carboxylic acids is 2. The van der Waals surface area contributed by atoms with Crippen molar-refractivity contribution in [3.05, 3.63) is 18.2 Å². The monoisotopic (exact) mass is 434 g/mol. The van der Waals surface area contributed by atoms with Crippen molar-refractivity contribution in [1.29, 1.82) is 0 Å². The lowest BCUT2D eigenvalue weighted by molar-refractivity contribution is -0.149. The summed E-state index contributed by atoms with van der Waals surface area (Å²) in [7, 11) is 0. The molecule has 0 aliphatic carbocycles. The van der Waals surface area contributed by atoms with Crippen molar-refractivity contribution in [1.82, 2.24) is 19.4 Å². The topological polar surface area (TPSA) is 76.9 Å². The molecule has 8 heteroatoms. The van der Waals surface area contributed by atoms with Crippen LogP contribution in [0.2, 0.25) is 0 Å². The fourth-order valence-corrected chi connectivity index (χ4v) is 4.46. The molecular weight excluding hydrogens is 396 g/mol. The highest BCUT2D eigenvalue weighted by molar-refractivity contribution is 5.76. The molecule has 1 atom stereocenters. The molecule has 8 nitrogen and oxygen atoms in total. The van der Waals surface area contributed by atoms with E-state index in [-0.39, 0.29) is 24.5 Å². The number of likely N-dealkylation sites (tertiary alicyclic amines) is 1. The summed E-state index contributed by atoms with van der Waals surface area (Å²) < 4.78 is 12.7. The molecule has 1 unspecified atom stereocenters. The average molecular weight is 435 g/mol. The van der Waals surface area contributed by atoms with Crippen molar-refractivity contribution in [2.75, 3.05) is 39.4 Å². The highest BCUT2D eigenvalue weighted by Gasteiger charge is 2.27. The number of ether oxygens (including phenoxy) is 2. The number of hydrogen-bond acceptors (Lipinski definition) is 6. The molecule has 3 rings (SSSR count). The van der Waals surface area contributed by atoms with E-state index in [9.17, 15) is 9.59 Å². The molecule has 2 fully saturated rings. The van der Waals surface area contributed by atoms with E-state index in [1.807, 2.05) is 11.8 Å². The number of nitrogens with zero attached hydrogens (tertiary/aromatic N) is 4. The molecule has 0 spiro atoms. The number of aromatic nitrogens is 2. The Bertz CT molecular complexity index is 694. The lowest BCUT2D eigenvalue weighted by Crippen LogP contribution is -2.50. The van der Waals surface area contributed by atoms with Crippen molar-refractivity contribution in [3.8, 4) is 0 Å². The fourth-order valence-electron chi connectivity index (χ4n) is 4.46. The first-order chi connectivity index (χ1) is 15.1. The third-order valence-corrected chi connectivity index (χ3v) is 6.34. The fraction of sp³-hybridized carbons (Fsp3) is 0.783. The van der Waals surface area contributed by atoms with Gasteiger partial charge in [0.1, 0.15) is 12.4 Å². The first-order valence-electron chi connectivity index (χ1n) is 11.9. The number of hydrogen-bond donors (Lipinski definition) is 0. The largest absolute Gasteiger partial charge is 0.461 e. The molecule has 1 aromatic rings. The van der Waals surface area contributed by atoms with Crippen LogP contribution in [0.4, 0.5) is 0 Å². The molecule has 0 bridgehead atoms. The number of rotatable bonds is 10. The van der Waals surface area contributed by atoms with Gasteiger partial charge in [-0.25, -0.2) is 4.98 Å². The maximum absolute atomic E-state index is 12.7. The summed E-state index contributed by atoms with van der Waals surface area (Å²) in [4.78, 5) is 33.8. The van der Waals surface area contributed by atoms with Gasteiger partial charge >= 0.3 is 5.97 Å². The van der Waals surface area contributed by atoms with Crippen LogP contribution in [-0.2, 0) is 32.0 Å². The van der Waals surface area contributed by atoms with E-state index < -0.39 is 0 Å². The van der Waals surface area contributed by atoms with Crippen LogP contribution in [0.5, 0.6) is 0 Å². The zero-order valence-electron chi connectivity index (χ0n) is 19.1. The minimum absolute atomic E-state index is 0.0682. The summed E-state index contributed by atoms with van der Waals surface area (Å²) in [5.41, 5.74) is 0. The summed E-state index contributed by atoms with van der Waals surface area (Å²) in [6.45, 7) is 9.47. The number of unbranched alkanes of at least 4 members (excludes halogenated alkanes) is 1. The van der Waals surface area contributed by atoms with Gasteiger partial charge in [-0.15, -0.1) is 0 Å². The first kappa shape index (κ1) is 23.7. The standard InChI is InChI=1S/C23H38N4O4/c1-3-4-5-19(2)31-23(29)18-27-13-10-24-21(27)6-7-22(28)26-11-8-20(9-12-26)25-14-16-30-17-15-25/h10,13,19-20H,3-9,11-12,14-18H2,1-2H3. The van der Waals surface area contributed by atoms with Crippen LogP contribution >= 0.6 is 0 Å². The molecule has 3 heterocycles. The van der Waals surface area contributed by atoms with Gasteiger partial charge in [0.2, 0.25) is 5.91 Å². The molecule has 1 aromatic heterocycles. The first-order valence-corrected chi connectivity index (χ1v) is 11.9. The van der Waals surface area contributed by atoms with Gasteiger partial charge in [-0.05, 0) is 26.2 Å². The van der Waals surface area contributed by atoms with E-state index in [2.05, 4.69) is 16.8 Å². The molecule has 174 valence electrons. The van der Waals surface area contributed by atoms with Crippen LogP contribution in [0, 0.1) is 0 Å². The Hall–Kier alpha value is -1.93. The van der Waals surface area contributed by atoms with E-state index in [0.717, 1.165) is 77.3 Å². The Morgan fingerprint density at radius 3 is 2.68 bits per heavy atom. The minimum atomic E-state index is -0.251. The van der Waals surface area contributed by atoms with Crippen molar-refractivity contribution in [3.63, 3.8) is 0 Å². The molecule has 0 saturated carbocycles. The van der Waals surface area contributed by atoms with E-state index in [0.29, 0.717) is 18.9 Å². The van der Waals surface area contributed by atoms with Crippen LogP contribution in [0.15, 0.2) is 12.4 Å². The predicted molar refractivity (Wildman–Crippen MR) is 118 cm³/mol. The van der Waals surface area contributed by atoms with Crippen LogP contribution in [0.3, 0.4) is 0 Å². The van der Waals surface area contributed by atoms with Crippen LogP contribution in [0.1, 0.15) is 58.2 Å². The number of aryl methyl sites for hydroxylation is 1. The smallest absolute Gasteiger partial charge is 0.326 e. The molecule has 1 amide bonds. The quantitative estimate of drug-likeness (QED) is 0.526. The molecule has 2 aliphatic rings. The van der Waals surface area contributed by atoms with Gasteiger partial charge in [0.05, 0.1) is 19.3 Å². The summed E-state index contributed by atoms with van der Waals surface area (Å²) >= 11 is 0. The van der Waals surface area contributed by atoms with E-state index in [4.69, 9.17) is 9.47 Å². The second-order valence-electron chi connectivity index (χ2n) is 8.67. The van der Waals surface area contributed by atoms with E-state index >= 15 is 0 Å². The van der Waals surface area contributed by atoms with E-state index in [1.165, 1.54) is 0 Å². The summed E-state index contributed by atoms with van der Waals surface area (Å²) in [6, 6.07) is 0.567. The van der Waals surface area contributed by atoms with Crippen LogP contribution in [0.25, 0.3) is 0 Å². The Kier molecular flexibility index (Phi) is 9.33. The van der Waals surface area contributed by atoms with Crippen molar-refractivity contribution in [2.24, 2.45) is 0 Å². The maximum atomic E-state index is 12.7. The minimum Gasteiger partial charge on any atom is -0.461 e. The number of piperidine rings is 1. The number of imidazole rings is 1. The van der Waals surface area contributed by atoms with Gasteiger partial charge < -0.3 is 18.9 Å². The van der Waals surface area contributed by atoms with Gasteiger partial charge in [-0.1, -0.05) is 19.8 Å². The Labute approximate surface area is 185 Å². The highest BCUT2D eigenvalue weighted by atomic mass is 16.5. The number of esters is 1. The van der Waals surface area contributed by atoms with Gasteiger partial charge in [0, 0.05) is 57.5 Å². The van der Waals surface area contributed by atoms with Gasteiger partial charge in [0.25, 0.3) is 0 Å². The second kappa shape index (κ2) is 12.2. The van der Waals surface area contributed by atoms with E-state index in [1.54, 1.807) is 17.0 Å². The molecule has 0 radical (unpaired) electrons. The van der Waals surface area contributed by atoms with Crippen molar-refractivity contribution >= 4 is 11.9 Å². The summed E-state index contributed by atoms with van der Waals surface area (Å²) in [5, 5.41) is 0. The molecule has 0 aromatic carbocycles. The Morgan fingerprint density at radius 1 is 1.23 bits per heavy atom. The van der Waals surface area contributed by atoms with Gasteiger partial charge in [0.15, 0.2) is 0 Å². The van der Waals surface area contributed by atoms with Gasteiger partial charge in [-0.2, -0.15) is 0 Å². The molecule has 31 heavy (non-hydrogen) atoms. The number of morpholine rings is 1. The SMILES string of the molecule is CCCCC(C)OC(=O)Cn1ccnc1CCC(=O)N1CCC(N2CCOCC2)CC1. The highest BCUT2D eigenvalue weighted by Crippen LogP contribution is 2.19. The zero-order valence-corrected chi connectivity index (χ0v) is 19.1. The number of carbonyl (C=O) groups is 2. The summed E-state index contributed by atoms with van der Waals surface area (Å²) in [5.74, 6) is 0.680. The Balaban J connectivity index is 1.40. The molecule has 2 saturated heterocycles. The lowest BCUT2D eigenvalue weighted by atomic mass is 10.0. The summed E-state index contributed by atoms with van der Waals surface area (Å²) in [6.07, 6.45) is 9.44. The zero-order chi connectivity index (χ0) is 22.1. The molecule has 2 aliphatic heterocycles. The predicted octanol–water partition coefficient (Wildman–Crippen LogP) is 2.26. The third kappa shape index (κ3) is 7.31. The number of amides is 1. The third-order valence-electron chi connectivity index (χ3n) is 6.34. The van der Waals surface area contributed by atoms with Crippen LogP contribution in [-0.4, -0.2) is 82.8 Å². The average Bonchev–Trinajstić information content (AvgIpc) is 3.23. The lowest BCUT2D eigenvalue weighted by Gasteiger charge is -2.40. The van der Waals surface area contributed by atoms with Crippen molar-refractivity contribution < 1.29 is 19.1 Å². The van der Waals surface area contributed by atoms with Crippen LogP contribution < -0.4 is 0 Å². The molecule has 0 N–H and O–H groups in total.